The van der Waals surface area contributed by atoms with Crippen LogP contribution in [0.15, 0.2) is 24.8 Å². The molecule has 2 nitrogen and oxygen atoms in total. The molecule has 0 amide bonds. The van der Waals surface area contributed by atoms with Gasteiger partial charge in [0.15, 0.2) is 0 Å². The van der Waals surface area contributed by atoms with Gasteiger partial charge >= 0.3 is 0 Å². The minimum atomic E-state index is -0.0441. The molecule has 0 aromatic heterocycles. The van der Waals surface area contributed by atoms with Crippen molar-refractivity contribution >= 4 is 6.08 Å². The first kappa shape index (κ1) is 21.9. The maximum absolute atomic E-state index is 8.92. The molecule has 1 aromatic carbocycles. The fourth-order valence-corrected chi connectivity index (χ4v) is 2.38. The molecule has 0 unspecified atom stereocenters. The van der Waals surface area contributed by atoms with Gasteiger partial charge in [0.2, 0.25) is 0 Å². The van der Waals surface area contributed by atoms with Gasteiger partial charge in [0.25, 0.3) is 0 Å². The molecule has 0 bridgehead atoms. The molecule has 0 atom stereocenters. The highest BCUT2D eigenvalue weighted by Crippen LogP contribution is 2.16. The van der Waals surface area contributed by atoms with Crippen molar-refractivity contribution in [1.29, 1.82) is 0 Å². The SMILES string of the molecule is C1CC1.C1CCC1.C1CCCCC1.C=Cc1ccc(CO)c(CO)c1. The van der Waals surface area contributed by atoms with E-state index in [1.807, 2.05) is 12.1 Å². The molecular formula is C23H38O2. The van der Waals surface area contributed by atoms with E-state index in [4.69, 9.17) is 10.2 Å². The smallest absolute Gasteiger partial charge is 0.0685 e. The Morgan fingerprint density at radius 3 is 1.28 bits per heavy atom. The maximum atomic E-state index is 8.92. The van der Waals surface area contributed by atoms with Crippen LogP contribution in [0.2, 0.25) is 0 Å². The summed E-state index contributed by atoms with van der Waals surface area (Å²) in [5.74, 6) is 0. The molecule has 0 saturated heterocycles. The van der Waals surface area contributed by atoms with E-state index in [1.54, 1.807) is 12.1 Å². The monoisotopic (exact) mass is 346 g/mol. The maximum Gasteiger partial charge on any atom is 0.0685 e. The van der Waals surface area contributed by atoms with Crippen LogP contribution in [0.4, 0.5) is 0 Å². The number of hydrogen-bond acceptors (Lipinski definition) is 2. The van der Waals surface area contributed by atoms with Crippen molar-refractivity contribution < 1.29 is 10.2 Å². The van der Waals surface area contributed by atoms with Crippen LogP contribution in [0.5, 0.6) is 0 Å². The summed E-state index contributed by atoms with van der Waals surface area (Å²) < 4.78 is 0. The molecule has 2 heteroatoms. The standard InChI is InChI=1S/C10H12O2.C6H12.C4H8.C3H6/c1-2-8-3-4-9(6-11)10(5-8)7-12;1-2-4-6-5-3-1;1-2-4-3-1;1-2-3-1/h2-5,11-12H,1,6-7H2;1-6H2;1-4H2;1-3H2. The van der Waals surface area contributed by atoms with Crippen LogP contribution in [0.1, 0.15) is 100 Å². The van der Waals surface area contributed by atoms with Crippen molar-refractivity contribution in [3.05, 3.63) is 41.5 Å². The van der Waals surface area contributed by atoms with Gasteiger partial charge in [0.1, 0.15) is 0 Å². The lowest BCUT2D eigenvalue weighted by atomic mass is 10.0. The van der Waals surface area contributed by atoms with Gasteiger partial charge in [-0.05, 0) is 22.8 Å². The number of rotatable bonds is 3. The first-order valence-electron chi connectivity index (χ1n) is 10.3. The van der Waals surface area contributed by atoms with Gasteiger partial charge in [-0.15, -0.1) is 0 Å². The zero-order valence-electron chi connectivity index (χ0n) is 16.0. The fraction of sp³-hybridized carbons (Fsp3) is 0.652. The van der Waals surface area contributed by atoms with Crippen LogP contribution in [0.3, 0.4) is 0 Å². The number of hydrogen-bond donors (Lipinski definition) is 2. The lowest BCUT2D eigenvalue weighted by Crippen LogP contribution is -1.93. The predicted molar refractivity (Wildman–Crippen MR) is 108 cm³/mol. The molecule has 0 spiro atoms. The Bertz CT molecular complexity index is 425. The molecule has 25 heavy (non-hydrogen) atoms. The summed E-state index contributed by atoms with van der Waals surface area (Å²) in [4.78, 5) is 0. The van der Waals surface area contributed by atoms with E-state index >= 15 is 0 Å². The van der Waals surface area contributed by atoms with Crippen molar-refractivity contribution in [3.8, 4) is 0 Å². The summed E-state index contributed by atoms with van der Waals surface area (Å²) in [6, 6.07) is 5.47. The molecule has 3 aliphatic rings. The average molecular weight is 347 g/mol. The van der Waals surface area contributed by atoms with Gasteiger partial charge in [0.05, 0.1) is 13.2 Å². The van der Waals surface area contributed by atoms with Crippen molar-refractivity contribution in [3.63, 3.8) is 0 Å². The Morgan fingerprint density at radius 1 is 0.640 bits per heavy atom. The highest BCUT2D eigenvalue weighted by Gasteiger charge is 1.99. The van der Waals surface area contributed by atoms with Crippen LogP contribution in [-0.2, 0) is 13.2 Å². The number of aliphatic hydroxyl groups is 2. The summed E-state index contributed by atoms with van der Waals surface area (Å²) >= 11 is 0. The van der Waals surface area contributed by atoms with Crippen LogP contribution in [-0.4, -0.2) is 10.2 Å². The Hall–Kier alpha value is -1.12. The van der Waals surface area contributed by atoms with Gasteiger partial charge in [-0.3, -0.25) is 0 Å². The van der Waals surface area contributed by atoms with E-state index in [0.717, 1.165) is 16.7 Å². The Morgan fingerprint density at radius 2 is 1.00 bits per heavy atom. The molecule has 0 heterocycles. The first-order chi connectivity index (χ1) is 12.3. The lowest BCUT2D eigenvalue weighted by Gasteiger charge is -2.05. The Balaban J connectivity index is 0.000000196. The van der Waals surface area contributed by atoms with Crippen molar-refractivity contribution in [1.82, 2.24) is 0 Å². The molecule has 142 valence electrons. The van der Waals surface area contributed by atoms with Gasteiger partial charge in [-0.25, -0.2) is 0 Å². The lowest BCUT2D eigenvalue weighted by molar-refractivity contribution is 0.260. The molecule has 1 aromatic rings. The highest BCUT2D eigenvalue weighted by molar-refractivity contribution is 5.49. The normalized spacial score (nSPS) is 17.2. The molecule has 0 radical (unpaired) electrons. The zero-order valence-corrected chi connectivity index (χ0v) is 16.0. The molecule has 4 rings (SSSR count). The summed E-state index contributed by atoms with van der Waals surface area (Å²) in [6.07, 6.45) is 21.2. The summed E-state index contributed by atoms with van der Waals surface area (Å²) in [5, 5.41) is 17.8. The summed E-state index contributed by atoms with van der Waals surface area (Å²) in [7, 11) is 0. The van der Waals surface area contributed by atoms with Gasteiger partial charge < -0.3 is 10.2 Å². The van der Waals surface area contributed by atoms with E-state index in [0.29, 0.717) is 0 Å². The third kappa shape index (κ3) is 12.0. The predicted octanol–water partition coefficient (Wildman–Crippen LogP) is 6.39. The fourth-order valence-electron chi connectivity index (χ4n) is 2.38. The first-order valence-corrected chi connectivity index (χ1v) is 10.3. The van der Waals surface area contributed by atoms with Crippen LogP contribution in [0.25, 0.3) is 6.08 Å². The van der Waals surface area contributed by atoms with Crippen LogP contribution in [0, 0.1) is 0 Å². The van der Waals surface area contributed by atoms with Gasteiger partial charge in [-0.2, -0.15) is 0 Å². The minimum absolute atomic E-state index is 0.0344. The molecular weight excluding hydrogens is 308 g/mol. The number of aliphatic hydroxyl groups excluding tert-OH is 2. The topological polar surface area (TPSA) is 40.5 Å². The molecule has 3 aliphatic carbocycles. The van der Waals surface area contributed by atoms with Gasteiger partial charge in [0, 0.05) is 0 Å². The van der Waals surface area contributed by atoms with Crippen molar-refractivity contribution in [2.45, 2.75) is 96.7 Å². The van der Waals surface area contributed by atoms with E-state index in [9.17, 15) is 0 Å². The third-order valence-corrected chi connectivity index (χ3v) is 4.66. The molecule has 3 fully saturated rings. The second-order valence-corrected chi connectivity index (χ2v) is 7.14. The second kappa shape index (κ2) is 15.2. The third-order valence-electron chi connectivity index (χ3n) is 4.66. The zero-order chi connectivity index (χ0) is 18.2. The highest BCUT2D eigenvalue weighted by atomic mass is 16.3. The summed E-state index contributed by atoms with van der Waals surface area (Å²) in [5.41, 5.74) is 2.48. The molecule has 0 aliphatic heterocycles. The Kier molecular flexibility index (Phi) is 13.3. The van der Waals surface area contributed by atoms with E-state index in [1.165, 1.54) is 83.5 Å². The van der Waals surface area contributed by atoms with E-state index < -0.39 is 0 Å². The minimum Gasteiger partial charge on any atom is -0.392 e. The Labute approximate surface area is 155 Å². The molecule has 3 saturated carbocycles. The number of benzene rings is 1. The van der Waals surface area contributed by atoms with Crippen LogP contribution >= 0.6 is 0 Å². The largest absolute Gasteiger partial charge is 0.392 e. The van der Waals surface area contributed by atoms with Crippen molar-refractivity contribution in [2.75, 3.05) is 0 Å². The average Bonchev–Trinajstić information content (AvgIpc) is 3.51. The quantitative estimate of drug-likeness (QED) is 0.666. The van der Waals surface area contributed by atoms with E-state index in [-0.39, 0.29) is 13.2 Å². The molecule has 2 N–H and O–H groups in total. The van der Waals surface area contributed by atoms with Crippen LogP contribution < -0.4 is 0 Å². The van der Waals surface area contributed by atoms with E-state index in [2.05, 4.69) is 6.58 Å². The summed E-state index contributed by atoms with van der Waals surface area (Å²) in [6.45, 7) is 3.54. The van der Waals surface area contributed by atoms with Crippen molar-refractivity contribution in [2.24, 2.45) is 0 Å². The van der Waals surface area contributed by atoms with Gasteiger partial charge in [-0.1, -0.05) is 108 Å². The second-order valence-electron chi connectivity index (χ2n) is 7.14.